The minimum absolute atomic E-state index is 0.516. The highest BCUT2D eigenvalue weighted by Crippen LogP contribution is 2.18. The molecule has 2 rings (SSSR count). The van der Waals surface area contributed by atoms with Gasteiger partial charge in [-0.25, -0.2) is 4.98 Å². The average Bonchev–Trinajstić information content (AvgIpc) is 2.90. The fourth-order valence-electron chi connectivity index (χ4n) is 1.82. The highest BCUT2D eigenvalue weighted by atomic mass is 35.5. The maximum Gasteiger partial charge on any atom is 0.129 e. The number of anilines is 1. The van der Waals surface area contributed by atoms with Gasteiger partial charge in [-0.05, 0) is 30.2 Å². The van der Waals surface area contributed by atoms with E-state index in [-0.39, 0.29) is 0 Å². The summed E-state index contributed by atoms with van der Waals surface area (Å²) in [6.07, 6.45) is 4.35. The maximum absolute atomic E-state index is 5.91. The van der Waals surface area contributed by atoms with Crippen molar-refractivity contribution in [3.63, 3.8) is 0 Å². The monoisotopic (exact) mass is 264 g/mol. The Hall–Kier alpha value is -1.48. The van der Waals surface area contributed by atoms with Crippen LogP contribution in [0.4, 0.5) is 5.82 Å². The SMILES string of the molecule is CCc1cc(CCl)cc(N(C)Cc2ccoc2)n1. The van der Waals surface area contributed by atoms with Gasteiger partial charge < -0.3 is 9.32 Å². The van der Waals surface area contributed by atoms with Crippen LogP contribution in [0.5, 0.6) is 0 Å². The predicted molar refractivity (Wildman–Crippen MR) is 74.0 cm³/mol. The number of alkyl halides is 1. The lowest BCUT2D eigenvalue weighted by molar-refractivity contribution is 0.563. The second kappa shape index (κ2) is 5.91. The molecule has 0 fully saturated rings. The fourth-order valence-corrected chi connectivity index (χ4v) is 1.98. The van der Waals surface area contributed by atoms with Crippen molar-refractivity contribution < 1.29 is 4.42 Å². The van der Waals surface area contributed by atoms with E-state index < -0.39 is 0 Å². The summed E-state index contributed by atoms with van der Waals surface area (Å²) >= 11 is 5.91. The van der Waals surface area contributed by atoms with Gasteiger partial charge in [-0.15, -0.1) is 11.6 Å². The first-order valence-electron chi connectivity index (χ1n) is 6.01. The maximum atomic E-state index is 5.91. The van der Waals surface area contributed by atoms with E-state index in [0.717, 1.165) is 35.6 Å². The van der Waals surface area contributed by atoms with E-state index in [9.17, 15) is 0 Å². The van der Waals surface area contributed by atoms with Gasteiger partial charge in [-0.2, -0.15) is 0 Å². The number of rotatable bonds is 5. The molecule has 0 atom stereocenters. The van der Waals surface area contributed by atoms with Crippen LogP contribution in [0.2, 0.25) is 0 Å². The molecule has 0 aromatic carbocycles. The number of furan rings is 1. The molecule has 2 heterocycles. The Labute approximate surface area is 112 Å². The van der Waals surface area contributed by atoms with Crippen molar-refractivity contribution in [1.82, 2.24) is 4.98 Å². The third-order valence-electron chi connectivity index (χ3n) is 2.83. The molecule has 4 heteroatoms. The molecule has 0 N–H and O–H groups in total. The number of nitrogens with zero attached hydrogens (tertiary/aromatic N) is 2. The fraction of sp³-hybridized carbons (Fsp3) is 0.357. The normalized spacial score (nSPS) is 10.6. The number of aromatic nitrogens is 1. The first kappa shape index (κ1) is 13.0. The van der Waals surface area contributed by atoms with E-state index in [1.165, 1.54) is 0 Å². The second-order valence-electron chi connectivity index (χ2n) is 4.30. The summed E-state index contributed by atoms with van der Waals surface area (Å²) in [6.45, 7) is 2.87. The van der Waals surface area contributed by atoms with Crippen molar-refractivity contribution in [3.05, 3.63) is 47.5 Å². The molecule has 0 aliphatic heterocycles. The van der Waals surface area contributed by atoms with Gasteiger partial charge in [0.2, 0.25) is 0 Å². The summed E-state index contributed by atoms with van der Waals surface area (Å²) < 4.78 is 5.07. The van der Waals surface area contributed by atoms with E-state index in [4.69, 9.17) is 16.0 Å². The van der Waals surface area contributed by atoms with Crippen molar-refractivity contribution in [2.24, 2.45) is 0 Å². The van der Waals surface area contributed by atoms with Crippen molar-refractivity contribution in [1.29, 1.82) is 0 Å². The number of halogens is 1. The zero-order valence-electron chi connectivity index (χ0n) is 10.7. The van der Waals surface area contributed by atoms with Crippen LogP contribution in [0.1, 0.15) is 23.7 Å². The Morgan fingerprint density at radius 1 is 1.33 bits per heavy atom. The molecule has 0 bridgehead atoms. The molecule has 96 valence electrons. The van der Waals surface area contributed by atoms with Gasteiger partial charge in [0, 0.05) is 30.7 Å². The predicted octanol–water partition coefficient (Wildman–Crippen LogP) is 3.61. The van der Waals surface area contributed by atoms with Gasteiger partial charge in [-0.3, -0.25) is 0 Å². The Balaban J connectivity index is 2.20. The molecular formula is C14H17ClN2O. The average molecular weight is 265 g/mol. The van der Waals surface area contributed by atoms with Crippen LogP contribution < -0.4 is 4.90 Å². The summed E-state index contributed by atoms with van der Waals surface area (Å²) in [7, 11) is 2.02. The second-order valence-corrected chi connectivity index (χ2v) is 4.57. The Morgan fingerprint density at radius 3 is 2.78 bits per heavy atom. The van der Waals surface area contributed by atoms with Crippen LogP contribution in [0.15, 0.2) is 35.1 Å². The molecule has 2 aromatic heterocycles. The molecule has 0 saturated heterocycles. The molecule has 0 radical (unpaired) electrons. The van der Waals surface area contributed by atoms with Crippen LogP contribution in [0, 0.1) is 0 Å². The van der Waals surface area contributed by atoms with Gasteiger partial charge in [0.25, 0.3) is 0 Å². The molecule has 2 aromatic rings. The molecule has 3 nitrogen and oxygen atoms in total. The van der Waals surface area contributed by atoms with E-state index in [1.54, 1.807) is 12.5 Å². The zero-order chi connectivity index (χ0) is 13.0. The van der Waals surface area contributed by atoms with E-state index in [1.807, 2.05) is 19.2 Å². The first-order valence-corrected chi connectivity index (χ1v) is 6.54. The minimum Gasteiger partial charge on any atom is -0.472 e. The number of hydrogen-bond donors (Lipinski definition) is 0. The van der Waals surface area contributed by atoms with E-state index >= 15 is 0 Å². The topological polar surface area (TPSA) is 29.3 Å². The first-order chi connectivity index (χ1) is 8.72. The van der Waals surface area contributed by atoms with Crippen LogP contribution in [-0.4, -0.2) is 12.0 Å². The number of pyridine rings is 1. The molecule has 0 aliphatic rings. The minimum atomic E-state index is 0.516. The highest BCUT2D eigenvalue weighted by Gasteiger charge is 2.07. The lowest BCUT2D eigenvalue weighted by Crippen LogP contribution is -2.18. The van der Waals surface area contributed by atoms with Crippen molar-refractivity contribution in [2.45, 2.75) is 25.8 Å². The molecule has 0 aliphatic carbocycles. The van der Waals surface area contributed by atoms with Crippen LogP contribution in [-0.2, 0) is 18.8 Å². The van der Waals surface area contributed by atoms with Gasteiger partial charge in [0.05, 0.1) is 12.5 Å². The van der Waals surface area contributed by atoms with Gasteiger partial charge in [0.15, 0.2) is 0 Å². The standard InChI is InChI=1S/C14H17ClN2O/c1-3-13-6-12(8-15)7-14(16-13)17(2)9-11-4-5-18-10-11/h4-7,10H,3,8-9H2,1-2H3. The zero-order valence-corrected chi connectivity index (χ0v) is 11.4. The van der Waals surface area contributed by atoms with Gasteiger partial charge >= 0.3 is 0 Å². The smallest absolute Gasteiger partial charge is 0.129 e. The van der Waals surface area contributed by atoms with Crippen molar-refractivity contribution in [2.75, 3.05) is 11.9 Å². The summed E-state index contributed by atoms with van der Waals surface area (Å²) in [5, 5.41) is 0. The molecule has 18 heavy (non-hydrogen) atoms. The van der Waals surface area contributed by atoms with Gasteiger partial charge in [-0.1, -0.05) is 6.92 Å². The van der Waals surface area contributed by atoms with Gasteiger partial charge in [0.1, 0.15) is 5.82 Å². The van der Waals surface area contributed by atoms with E-state index in [2.05, 4.69) is 22.9 Å². The third-order valence-corrected chi connectivity index (χ3v) is 3.14. The lowest BCUT2D eigenvalue weighted by atomic mass is 10.2. The molecule has 0 spiro atoms. The Morgan fingerprint density at radius 2 is 2.17 bits per heavy atom. The van der Waals surface area contributed by atoms with Crippen LogP contribution in [0.3, 0.4) is 0 Å². The third kappa shape index (κ3) is 3.05. The Kier molecular flexibility index (Phi) is 4.26. The molecular weight excluding hydrogens is 248 g/mol. The summed E-state index contributed by atoms with van der Waals surface area (Å²) in [5.41, 5.74) is 3.31. The summed E-state index contributed by atoms with van der Waals surface area (Å²) in [5.74, 6) is 1.47. The quantitative estimate of drug-likeness (QED) is 0.773. The van der Waals surface area contributed by atoms with E-state index in [0.29, 0.717) is 5.88 Å². The summed E-state index contributed by atoms with van der Waals surface area (Å²) in [4.78, 5) is 6.71. The number of hydrogen-bond acceptors (Lipinski definition) is 3. The molecule has 0 saturated carbocycles. The van der Waals surface area contributed by atoms with Crippen molar-refractivity contribution >= 4 is 17.4 Å². The molecule has 0 unspecified atom stereocenters. The highest BCUT2D eigenvalue weighted by molar-refractivity contribution is 6.17. The molecule has 0 amide bonds. The number of aryl methyl sites for hydroxylation is 1. The van der Waals surface area contributed by atoms with Crippen LogP contribution in [0.25, 0.3) is 0 Å². The summed E-state index contributed by atoms with van der Waals surface area (Å²) in [6, 6.07) is 6.05. The van der Waals surface area contributed by atoms with Crippen molar-refractivity contribution in [3.8, 4) is 0 Å². The van der Waals surface area contributed by atoms with Crippen LogP contribution >= 0.6 is 11.6 Å². The largest absolute Gasteiger partial charge is 0.472 e. The Bertz CT molecular complexity index is 474. The lowest BCUT2D eigenvalue weighted by Gasteiger charge is -2.18.